The smallest absolute Gasteiger partial charge is 0.239 e. The quantitative estimate of drug-likeness (QED) is 0.116. The van der Waals surface area contributed by atoms with Gasteiger partial charge in [-0.2, -0.15) is 0 Å². The normalized spacial score (nSPS) is 32.5. The van der Waals surface area contributed by atoms with Crippen LogP contribution in [0, 0.1) is 0 Å². The maximum Gasteiger partial charge on any atom is 0.239 e. The monoisotopic (exact) mass is 626 g/mol. The van der Waals surface area contributed by atoms with Gasteiger partial charge in [-0.05, 0) is 18.2 Å². The van der Waals surface area contributed by atoms with Crippen LogP contribution in [-0.4, -0.2) is 131 Å². The summed E-state index contributed by atoms with van der Waals surface area (Å²) < 4.78 is 27.8. The Bertz CT molecular complexity index is 1550. The van der Waals surface area contributed by atoms with Crippen LogP contribution in [0.25, 0.3) is 22.3 Å². The lowest BCUT2D eigenvalue weighted by molar-refractivity contribution is -0.277. The number of aliphatic hydroxyl groups excluding tert-OH is 8. The van der Waals surface area contributed by atoms with Gasteiger partial charge in [-0.15, -0.1) is 0 Å². The fourth-order valence-corrected chi connectivity index (χ4v) is 4.88. The van der Waals surface area contributed by atoms with E-state index in [1.165, 1.54) is 6.07 Å². The molecule has 2 saturated heterocycles. The van der Waals surface area contributed by atoms with Crippen molar-refractivity contribution in [2.24, 2.45) is 0 Å². The molecule has 11 N–H and O–H groups in total. The number of rotatable bonds is 7. The van der Waals surface area contributed by atoms with E-state index < -0.39 is 120 Å². The zero-order valence-corrected chi connectivity index (χ0v) is 22.4. The van der Waals surface area contributed by atoms with Gasteiger partial charge in [0.2, 0.25) is 23.8 Å². The minimum absolute atomic E-state index is 0.0707. The lowest BCUT2D eigenvalue weighted by Gasteiger charge is -2.39. The van der Waals surface area contributed by atoms with Crippen LogP contribution < -0.4 is 14.9 Å². The van der Waals surface area contributed by atoms with E-state index in [0.29, 0.717) is 0 Å². The molecule has 3 aromatic rings. The molecule has 17 heteroatoms. The molecule has 0 radical (unpaired) electrons. The molecule has 240 valence electrons. The molecule has 0 saturated carbocycles. The zero-order chi connectivity index (χ0) is 32.0. The Labute approximate surface area is 246 Å². The predicted molar refractivity (Wildman–Crippen MR) is 142 cm³/mol. The number of hydrogen-bond acceptors (Lipinski definition) is 17. The molecular formula is C27H30O17. The summed E-state index contributed by atoms with van der Waals surface area (Å²) in [5.74, 6) is -3.37. The molecular weight excluding hydrogens is 596 g/mol. The van der Waals surface area contributed by atoms with Crippen LogP contribution in [0.15, 0.2) is 39.5 Å². The Balaban J connectivity index is 1.66. The van der Waals surface area contributed by atoms with Crippen molar-refractivity contribution >= 4 is 11.0 Å². The molecule has 2 aromatic carbocycles. The highest BCUT2D eigenvalue weighted by Crippen LogP contribution is 2.40. The number of ether oxygens (including phenoxy) is 4. The van der Waals surface area contributed by atoms with E-state index in [-0.39, 0.29) is 11.1 Å². The first-order chi connectivity index (χ1) is 20.9. The van der Waals surface area contributed by atoms with Gasteiger partial charge in [0, 0.05) is 17.7 Å². The lowest BCUT2D eigenvalue weighted by Crippen LogP contribution is -2.60. The van der Waals surface area contributed by atoms with Gasteiger partial charge in [-0.1, -0.05) is 0 Å². The number of benzene rings is 2. The zero-order valence-electron chi connectivity index (χ0n) is 22.4. The summed E-state index contributed by atoms with van der Waals surface area (Å²) in [6.45, 7) is -1.60. The Morgan fingerprint density at radius 2 is 1.25 bits per heavy atom. The van der Waals surface area contributed by atoms with Crippen molar-refractivity contribution in [2.45, 2.75) is 61.4 Å². The van der Waals surface area contributed by atoms with Gasteiger partial charge in [0.1, 0.15) is 71.3 Å². The molecule has 44 heavy (non-hydrogen) atoms. The third kappa shape index (κ3) is 5.61. The van der Waals surface area contributed by atoms with E-state index in [1.807, 2.05) is 0 Å². The SMILES string of the molecule is O=c1c(OC2O[C@H](CO)[C@@H](O)[C@H](O)[C@H]2O)c(-c2ccc(O)c(O)c2)oc2cc(O)cc(OC3O[C@H](CO)[C@@H](O)[C@H](O)[C@H]3O)c12. The third-order valence-corrected chi connectivity index (χ3v) is 7.31. The predicted octanol–water partition coefficient (Wildman–Crippen LogP) is -3.07. The first kappa shape index (κ1) is 31.7. The molecule has 1 aromatic heterocycles. The fourth-order valence-electron chi connectivity index (χ4n) is 4.88. The highest BCUT2D eigenvalue weighted by Gasteiger charge is 2.46. The van der Waals surface area contributed by atoms with Crippen molar-refractivity contribution in [1.29, 1.82) is 0 Å². The van der Waals surface area contributed by atoms with Crippen LogP contribution in [0.2, 0.25) is 0 Å². The second kappa shape index (κ2) is 12.3. The highest BCUT2D eigenvalue weighted by atomic mass is 16.7. The van der Waals surface area contributed by atoms with Crippen molar-refractivity contribution in [2.75, 3.05) is 13.2 Å². The van der Waals surface area contributed by atoms with Crippen molar-refractivity contribution < 1.29 is 79.5 Å². The number of hydrogen-bond donors (Lipinski definition) is 11. The number of phenolic OH excluding ortho intramolecular Hbond substituents is 3. The van der Waals surface area contributed by atoms with E-state index in [9.17, 15) is 61.0 Å². The summed E-state index contributed by atoms with van der Waals surface area (Å²) in [6, 6.07) is 5.19. The number of fused-ring (bicyclic) bond motifs is 1. The molecule has 5 rings (SSSR count). The van der Waals surface area contributed by atoms with Gasteiger partial charge in [0.05, 0.1) is 13.2 Å². The standard InChI is InChI=1S/C27H30O17/c28-6-14-17(33)20(36)22(38)26(42-14)41-13-5-9(30)4-12-16(13)19(35)25(24(40-12)8-1-2-10(31)11(32)3-8)44-27-23(39)21(37)18(34)15(7-29)43-27/h1-5,14-15,17-18,20-23,26-34,36-39H,6-7H2/t14-,15-,17-,18-,20+,21+,22-,23-,26?,27?/m1/s1. The van der Waals surface area contributed by atoms with Gasteiger partial charge in [0.25, 0.3) is 0 Å². The van der Waals surface area contributed by atoms with E-state index >= 15 is 0 Å². The van der Waals surface area contributed by atoms with Gasteiger partial charge >= 0.3 is 0 Å². The molecule has 0 bridgehead atoms. The summed E-state index contributed by atoms with van der Waals surface area (Å²) in [4.78, 5) is 14.1. The van der Waals surface area contributed by atoms with E-state index in [2.05, 4.69) is 0 Å². The van der Waals surface area contributed by atoms with Crippen LogP contribution in [0.1, 0.15) is 0 Å². The Morgan fingerprint density at radius 1 is 0.682 bits per heavy atom. The molecule has 2 fully saturated rings. The van der Waals surface area contributed by atoms with E-state index in [1.54, 1.807) is 0 Å². The largest absolute Gasteiger partial charge is 0.508 e. The second-order valence-corrected chi connectivity index (χ2v) is 10.2. The maximum atomic E-state index is 14.1. The summed E-state index contributed by atoms with van der Waals surface area (Å²) in [6.07, 6.45) is -17.5. The maximum absolute atomic E-state index is 14.1. The van der Waals surface area contributed by atoms with E-state index in [4.69, 9.17) is 23.4 Å². The topological polar surface area (TPSA) is 290 Å². The summed E-state index contributed by atoms with van der Waals surface area (Å²) in [7, 11) is 0. The average molecular weight is 627 g/mol. The molecule has 2 aliphatic heterocycles. The molecule has 0 aliphatic carbocycles. The first-order valence-corrected chi connectivity index (χ1v) is 13.2. The summed E-state index contributed by atoms with van der Waals surface area (Å²) in [5.41, 5.74) is -1.51. The van der Waals surface area contributed by atoms with Crippen molar-refractivity contribution in [3.63, 3.8) is 0 Å². The Morgan fingerprint density at radius 3 is 1.80 bits per heavy atom. The Hall–Kier alpha value is -3.75. The molecule has 3 heterocycles. The van der Waals surface area contributed by atoms with Gasteiger partial charge in [-0.25, -0.2) is 0 Å². The number of aliphatic hydroxyl groups is 8. The first-order valence-electron chi connectivity index (χ1n) is 13.2. The van der Waals surface area contributed by atoms with Crippen LogP contribution in [0.4, 0.5) is 0 Å². The van der Waals surface area contributed by atoms with Gasteiger partial charge < -0.3 is 79.5 Å². The van der Waals surface area contributed by atoms with Crippen molar-refractivity contribution in [3.05, 3.63) is 40.6 Å². The minimum atomic E-state index is -1.96. The molecule has 2 aliphatic rings. The van der Waals surface area contributed by atoms with Crippen LogP contribution in [0.3, 0.4) is 0 Å². The van der Waals surface area contributed by atoms with Crippen molar-refractivity contribution in [3.8, 4) is 40.1 Å². The fraction of sp³-hybridized carbons (Fsp3) is 0.444. The molecule has 10 atom stereocenters. The highest BCUT2D eigenvalue weighted by molar-refractivity contribution is 5.88. The van der Waals surface area contributed by atoms with Gasteiger partial charge in [0.15, 0.2) is 17.3 Å². The van der Waals surface area contributed by atoms with Crippen molar-refractivity contribution in [1.82, 2.24) is 0 Å². The minimum Gasteiger partial charge on any atom is -0.508 e. The molecule has 0 amide bonds. The Kier molecular flexibility index (Phi) is 8.87. The summed E-state index contributed by atoms with van der Waals surface area (Å²) >= 11 is 0. The van der Waals surface area contributed by atoms with Crippen LogP contribution in [0.5, 0.6) is 28.7 Å². The summed E-state index contributed by atoms with van der Waals surface area (Å²) in [5, 5.41) is 110. The number of aromatic hydroxyl groups is 3. The number of phenols is 3. The molecule has 17 nitrogen and oxygen atoms in total. The lowest BCUT2D eigenvalue weighted by atomic mass is 9.99. The second-order valence-electron chi connectivity index (χ2n) is 10.2. The van der Waals surface area contributed by atoms with E-state index in [0.717, 1.165) is 24.3 Å². The average Bonchev–Trinajstić information content (AvgIpc) is 2.99. The van der Waals surface area contributed by atoms with Crippen LogP contribution >= 0.6 is 0 Å². The van der Waals surface area contributed by atoms with Crippen LogP contribution in [-0.2, 0) is 9.47 Å². The molecule has 2 unspecified atom stereocenters. The third-order valence-electron chi connectivity index (χ3n) is 7.31. The molecule has 0 spiro atoms. The van der Waals surface area contributed by atoms with Gasteiger partial charge in [-0.3, -0.25) is 4.79 Å².